The van der Waals surface area contributed by atoms with Gasteiger partial charge in [0.15, 0.2) is 0 Å². The van der Waals surface area contributed by atoms with Gasteiger partial charge in [-0.25, -0.2) is 4.79 Å². The number of hydrogen-bond donors (Lipinski definition) is 2. The molecule has 0 bridgehead atoms. The van der Waals surface area contributed by atoms with Crippen molar-refractivity contribution in [1.29, 1.82) is 0 Å². The Balaban J connectivity index is 1.63. The van der Waals surface area contributed by atoms with Crippen molar-refractivity contribution in [3.8, 4) is 5.75 Å². The molecular formula is C17H23ClN2O4. The van der Waals surface area contributed by atoms with Gasteiger partial charge in [-0.2, -0.15) is 0 Å². The van der Waals surface area contributed by atoms with Crippen LogP contribution in [0.1, 0.15) is 19.3 Å². The molecule has 7 heteroatoms. The minimum Gasteiger partial charge on any atom is -0.495 e. The minimum absolute atomic E-state index is 0.0886. The molecule has 1 saturated carbocycles. The Labute approximate surface area is 146 Å². The topological polar surface area (TPSA) is 71.0 Å². The van der Waals surface area contributed by atoms with Crippen LogP contribution in [0.5, 0.6) is 5.75 Å². The third kappa shape index (κ3) is 2.94. The van der Waals surface area contributed by atoms with Crippen LogP contribution in [0.2, 0.25) is 5.02 Å². The number of anilines is 1. The van der Waals surface area contributed by atoms with Gasteiger partial charge in [-0.05, 0) is 31.0 Å². The van der Waals surface area contributed by atoms with Gasteiger partial charge in [-0.3, -0.25) is 0 Å². The Hall–Kier alpha value is -1.50. The third-order valence-electron chi connectivity index (χ3n) is 5.41. The van der Waals surface area contributed by atoms with Gasteiger partial charge in [0.2, 0.25) is 0 Å². The summed E-state index contributed by atoms with van der Waals surface area (Å²) < 4.78 is 10.7. The molecule has 0 unspecified atom stereocenters. The maximum absolute atomic E-state index is 12.5. The number of aliphatic hydroxyl groups is 1. The van der Waals surface area contributed by atoms with Crippen molar-refractivity contribution in [2.75, 3.05) is 32.6 Å². The highest BCUT2D eigenvalue weighted by Crippen LogP contribution is 2.50. The molecule has 132 valence electrons. The number of carbonyl (C=O) groups excluding carboxylic acids is 1. The predicted molar refractivity (Wildman–Crippen MR) is 91.7 cm³/mol. The average Bonchev–Trinajstić information content (AvgIpc) is 2.59. The van der Waals surface area contributed by atoms with E-state index >= 15 is 0 Å². The first-order valence-corrected chi connectivity index (χ1v) is 8.48. The number of carbonyl (C=O) groups is 1. The highest BCUT2D eigenvalue weighted by Gasteiger charge is 2.56. The number of methoxy groups -OCH3 is 2. The first-order chi connectivity index (χ1) is 11.5. The van der Waals surface area contributed by atoms with Crippen LogP contribution in [0.3, 0.4) is 0 Å². The van der Waals surface area contributed by atoms with E-state index in [4.69, 9.17) is 21.1 Å². The van der Waals surface area contributed by atoms with Crippen LogP contribution in [0.15, 0.2) is 18.2 Å². The summed E-state index contributed by atoms with van der Waals surface area (Å²) in [6.07, 6.45) is 1.92. The highest BCUT2D eigenvalue weighted by atomic mass is 35.5. The number of halogens is 1. The Bertz CT molecular complexity index is 617. The molecule has 2 aliphatic rings. The summed E-state index contributed by atoms with van der Waals surface area (Å²) in [5.41, 5.74) is 0.355. The largest absolute Gasteiger partial charge is 0.495 e. The van der Waals surface area contributed by atoms with E-state index in [1.807, 2.05) is 0 Å². The second kappa shape index (κ2) is 6.78. The number of urea groups is 1. The average molecular weight is 355 g/mol. The van der Waals surface area contributed by atoms with Gasteiger partial charge in [-0.15, -0.1) is 0 Å². The van der Waals surface area contributed by atoms with E-state index in [9.17, 15) is 9.90 Å². The van der Waals surface area contributed by atoms with Crippen molar-refractivity contribution in [2.45, 2.75) is 31.5 Å². The van der Waals surface area contributed by atoms with Gasteiger partial charge >= 0.3 is 6.03 Å². The second-order valence-corrected chi connectivity index (χ2v) is 6.91. The van der Waals surface area contributed by atoms with E-state index in [1.165, 1.54) is 0 Å². The lowest BCUT2D eigenvalue weighted by molar-refractivity contribution is -0.198. The number of hydrogen-bond acceptors (Lipinski definition) is 4. The number of ether oxygens (including phenoxy) is 2. The van der Waals surface area contributed by atoms with Gasteiger partial charge in [0, 0.05) is 37.1 Å². The fraction of sp³-hybridized carbons (Fsp3) is 0.588. The number of nitrogens with one attached hydrogen (secondary N) is 1. The number of aliphatic hydroxyl groups excluding tert-OH is 1. The molecule has 2 N–H and O–H groups in total. The lowest BCUT2D eigenvalue weighted by atomic mass is 9.58. The highest BCUT2D eigenvalue weighted by molar-refractivity contribution is 6.31. The van der Waals surface area contributed by atoms with E-state index in [1.54, 1.807) is 37.3 Å². The van der Waals surface area contributed by atoms with E-state index in [0.717, 1.165) is 12.8 Å². The minimum atomic E-state index is -0.333. The van der Waals surface area contributed by atoms with Crippen LogP contribution in [0.4, 0.5) is 10.5 Å². The van der Waals surface area contributed by atoms with Crippen LogP contribution in [-0.4, -0.2) is 55.6 Å². The molecule has 1 aromatic rings. The smallest absolute Gasteiger partial charge is 0.321 e. The van der Waals surface area contributed by atoms with Crippen LogP contribution >= 0.6 is 11.6 Å². The Morgan fingerprint density at radius 1 is 1.38 bits per heavy atom. The van der Waals surface area contributed by atoms with Crippen LogP contribution in [-0.2, 0) is 4.74 Å². The van der Waals surface area contributed by atoms with Gasteiger partial charge in [0.05, 0.1) is 25.0 Å². The summed E-state index contributed by atoms with van der Waals surface area (Å²) in [5.74, 6) is 0.565. The number of amides is 2. The quantitative estimate of drug-likeness (QED) is 0.875. The van der Waals surface area contributed by atoms with Crippen molar-refractivity contribution in [1.82, 2.24) is 4.90 Å². The summed E-state index contributed by atoms with van der Waals surface area (Å²) in [7, 11) is 3.23. The Morgan fingerprint density at radius 3 is 2.67 bits per heavy atom. The molecule has 6 nitrogen and oxygen atoms in total. The molecule has 2 amide bonds. The van der Waals surface area contributed by atoms with Gasteiger partial charge in [-0.1, -0.05) is 11.6 Å². The fourth-order valence-corrected chi connectivity index (χ4v) is 3.98. The molecule has 2 fully saturated rings. The van der Waals surface area contributed by atoms with Crippen LogP contribution < -0.4 is 10.1 Å². The van der Waals surface area contributed by atoms with Crippen LogP contribution in [0.25, 0.3) is 0 Å². The van der Waals surface area contributed by atoms with Gasteiger partial charge < -0.3 is 24.8 Å². The fourth-order valence-electron chi connectivity index (χ4n) is 3.81. The molecular weight excluding hydrogens is 332 g/mol. The summed E-state index contributed by atoms with van der Waals surface area (Å²) in [5, 5.41) is 13.5. The zero-order chi connectivity index (χ0) is 17.3. The number of piperidine rings is 1. The van der Waals surface area contributed by atoms with Crippen molar-refractivity contribution in [3.05, 3.63) is 23.2 Å². The van der Waals surface area contributed by atoms with E-state index in [0.29, 0.717) is 36.0 Å². The molecule has 2 atom stereocenters. The van der Waals surface area contributed by atoms with E-state index in [-0.39, 0.29) is 23.7 Å². The molecule has 0 aromatic heterocycles. The molecule has 1 aliphatic carbocycles. The van der Waals surface area contributed by atoms with Crippen molar-refractivity contribution >= 4 is 23.3 Å². The van der Waals surface area contributed by atoms with Crippen molar-refractivity contribution in [2.24, 2.45) is 5.41 Å². The predicted octanol–water partition coefficient (Wildman–Crippen LogP) is 2.74. The first kappa shape index (κ1) is 17.3. The maximum atomic E-state index is 12.5. The van der Waals surface area contributed by atoms with Crippen molar-refractivity contribution in [3.63, 3.8) is 0 Å². The molecule has 1 heterocycles. The molecule has 3 rings (SSSR count). The third-order valence-corrected chi connectivity index (χ3v) is 5.65. The summed E-state index contributed by atoms with van der Waals surface area (Å²) in [6.45, 7) is 1.18. The molecule has 1 aliphatic heterocycles. The molecule has 1 aromatic carbocycles. The Morgan fingerprint density at radius 2 is 2.08 bits per heavy atom. The van der Waals surface area contributed by atoms with Crippen LogP contribution in [0, 0.1) is 5.41 Å². The second-order valence-electron chi connectivity index (χ2n) is 6.47. The van der Waals surface area contributed by atoms with Crippen molar-refractivity contribution < 1.29 is 19.4 Å². The lowest BCUT2D eigenvalue weighted by Gasteiger charge is -2.56. The summed E-state index contributed by atoms with van der Waals surface area (Å²) in [4.78, 5) is 14.3. The molecule has 1 spiro atoms. The molecule has 1 saturated heterocycles. The normalized spacial score (nSPS) is 25.2. The SMILES string of the molecule is COc1ccc(Cl)cc1NC(=O)N1CCC2(CC1)[C@@H](O)C[C@H]2OC. The van der Waals surface area contributed by atoms with E-state index in [2.05, 4.69) is 5.32 Å². The monoisotopic (exact) mass is 354 g/mol. The standard InChI is InChI=1S/C17H23ClN2O4/c1-23-13-4-3-11(18)9-12(13)19-16(22)20-7-5-17(6-8-20)14(21)10-15(17)24-2/h3-4,9,14-15,21H,5-8,10H2,1-2H3,(H,19,22)/t14-,15+/m0/s1. The molecule has 24 heavy (non-hydrogen) atoms. The molecule has 0 radical (unpaired) electrons. The zero-order valence-corrected chi connectivity index (χ0v) is 14.7. The Kier molecular flexibility index (Phi) is 4.90. The lowest BCUT2D eigenvalue weighted by Crippen LogP contribution is -2.62. The van der Waals surface area contributed by atoms with E-state index < -0.39 is 0 Å². The first-order valence-electron chi connectivity index (χ1n) is 8.10. The maximum Gasteiger partial charge on any atom is 0.321 e. The van der Waals surface area contributed by atoms with Gasteiger partial charge in [0.1, 0.15) is 5.75 Å². The summed E-state index contributed by atoms with van der Waals surface area (Å²) >= 11 is 5.99. The number of likely N-dealkylation sites (tertiary alicyclic amines) is 1. The number of nitrogens with zero attached hydrogens (tertiary/aromatic N) is 1. The number of rotatable bonds is 3. The summed E-state index contributed by atoms with van der Waals surface area (Å²) in [6, 6.07) is 4.91. The van der Waals surface area contributed by atoms with Gasteiger partial charge in [0.25, 0.3) is 0 Å². The number of benzene rings is 1. The zero-order valence-electron chi connectivity index (χ0n) is 13.9.